The topological polar surface area (TPSA) is 91.2 Å². The van der Waals surface area contributed by atoms with Crippen LogP contribution in [0.5, 0.6) is 5.75 Å². The number of amides is 2. The highest BCUT2D eigenvalue weighted by Gasteiger charge is 2.04. The van der Waals surface area contributed by atoms with Crippen molar-refractivity contribution in [2.24, 2.45) is 0 Å². The zero-order chi connectivity index (χ0) is 17.8. The van der Waals surface area contributed by atoms with Crippen molar-refractivity contribution in [1.29, 1.82) is 5.26 Å². The molecule has 0 aliphatic rings. The van der Waals surface area contributed by atoms with Gasteiger partial charge in [-0.25, -0.2) is 0 Å². The Bertz CT molecular complexity index is 605. The van der Waals surface area contributed by atoms with Gasteiger partial charge in [-0.05, 0) is 31.0 Å². The van der Waals surface area contributed by atoms with Crippen LogP contribution < -0.4 is 15.4 Å². The number of nitrogens with zero attached hydrogens (tertiary/aromatic N) is 1. The quantitative estimate of drug-likeness (QED) is 0.574. The van der Waals surface area contributed by atoms with Crippen molar-refractivity contribution in [1.82, 2.24) is 10.6 Å². The molecule has 0 spiro atoms. The van der Waals surface area contributed by atoms with Crippen LogP contribution in [-0.2, 0) is 9.59 Å². The Labute approximate surface area is 154 Å². The summed E-state index contributed by atoms with van der Waals surface area (Å²) in [6.07, 6.45) is 1.41. The number of nitrogens with one attached hydrogen (secondary N) is 2. The zero-order valence-corrected chi connectivity index (χ0v) is 15.5. The molecule has 8 heteroatoms. The molecule has 6 nitrogen and oxygen atoms in total. The van der Waals surface area contributed by atoms with Crippen LogP contribution in [0, 0.1) is 11.3 Å². The molecule has 0 saturated heterocycles. The summed E-state index contributed by atoms with van der Waals surface area (Å²) in [6.45, 7) is 1.32. The summed E-state index contributed by atoms with van der Waals surface area (Å²) in [5.74, 6) is 0.227. The van der Waals surface area contributed by atoms with Gasteiger partial charge in [-0.3, -0.25) is 9.59 Å². The number of carbonyl (C=O) groups is 2. The van der Waals surface area contributed by atoms with Crippen LogP contribution in [0.3, 0.4) is 0 Å². The van der Waals surface area contributed by atoms with Crippen LogP contribution in [0.15, 0.2) is 22.7 Å². The minimum absolute atomic E-state index is 0.0659. The van der Waals surface area contributed by atoms with E-state index >= 15 is 0 Å². The van der Waals surface area contributed by atoms with Gasteiger partial charge in [0.15, 0.2) is 0 Å². The lowest BCUT2D eigenvalue weighted by atomic mass is 10.3. The Morgan fingerprint density at radius 3 is 2.58 bits per heavy atom. The van der Waals surface area contributed by atoms with Crippen LogP contribution in [-0.4, -0.2) is 31.5 Å². The smallest absolute Gasteiger partial charge is 0.234 e. The van der Waals surface area contributed by atoms with Gasteiger partial charge in [-0.2, -0.15) is 5.26 Å². The number of benzene rings is 1. The fourth-order valence-corrected chi connectivity index (χ4v) is 2.50. The standard InChI is InChI=1S/C16H19BrClN3O3/c17-12-4-5-14(13(18)11-12)24-10-1-3-15(22)20-8-2-9-21-16(23)6-7-19/h4-5,11H,1-3,6,8-10H2,(H,20,22)(H,21,23). The minimum atomic E-state index is -0.299. The first-order valence-electron chi connectivity index (χ1n) is 7.51. The van der Waals surface area contributed by atoms with Crippen molar-refractivity contribution in [3.8, 4) is 11.8 Å². The Balaban J connectivity index is 2.06. The number of hydrogen-bond acceptors (Lipinski definition) is 4. The van der Waals surface area contributed by atoms with E-state index in [4.69, 9.17) is 21.6 Å². The number of hydrogen-bond donors (Lipinski definition) is 2. The van der Waals surface area contributed by atoms with E-state index in [0.29, 0.717) is 49.7 Å². The molecule has 2 amide bonds. The first-order valence-corrected chi connectivity index (χ1v) is 8.68. The number of halogens is 2. The maximum Gasteiger partial charge on any atom is 0.234 e. The molecule has 0 aromatic heterocycles. The van der Waals surface area contributed by atoms with Crippen LogP contribution >= 0.6 is 27.5 Å². The molecule has 24 heavy (non-hydrogen) atoms. The lowest BCUT2D eigenvalue weighted by Crippen LogP contribution is -2.29. The van der Waals surface area contributed by atoms with Gasteiger partial charge >= 0.3 is 0 Å². The van der Waals surface area contributed by atoms with E-state index in [-0.39, 0.29) is 18.2 Å². The number of rotatable bonds is 10. The van der Waals surface area contributed by atoms with Gasteiger partial charge in [0.25, 0.3) is 0 Å². The van der Waals surface area contributed by atoms with Crippen LogP contribution in [0.4, 0.5) is 0 Å². The molecule has 1 aromatic carbocycles. The van der Waals surface area contributed by atoms with Crippen LogP contribution in [0.1, 0.15) is 25.7 Å². The van der Waals surface area contributed by atoms with Crippen LogP contribution in [0.2, 0.25) is 5.02 Å². The summed E-state index contributed by atoms with van der Waals surface area (Å²) < 4.78 is 6.41. The molecule has 1 aromatic rings. The summed E-state index contributed by atoms with van der Waals surface area (Å²) in [6, 6.07) is 7.13. The maximum atomic E-state index is 11.6. The van der Waals surface area contributed by atoms with E-state index in [1.807, 2.05) is 6.07 Å². The normalized spacial score (nSPS) is 9.88. The van der Waals surface area contributed by atoms with E-state index in [1.54, 1.807) is 18.2 Å². The van der Waals surface area contributed by atoms with Crippen molar-refractivity contribution in [3.63, 3.8) is 0 Å². The molecule has 130 valence electrons. The summed E-state index contributed by atoms with van der Waals surface area (Å²) >= 11 is 9.35. The molecular formula is C16H19BrClN3O3. The molecule has 0 bridgehead atoms. The number of ether oxygens (including phenoxy) is 1. The van der Waals surface area contributed by atoms with Crippen LogP contribution in [0.25, 0.3) is 0 Å². The predicted octanol–water partition coefficient (Wildman–Crippen LogP) is 2.80. The first-order chi connectivity index (χ1) is 11.5. The molecule has 0 atom stereocenters. The van der Waals surface area contributed by atoms with Crippen molar-refractivity contribution in [2.45, 2.75) is 25.7 Å². The second-order valence-corrected chi connectivity index (χ2v) is 6.24. The second-order valence-electron chi connectivity index (χ2n) is 4.92. The average Bonchev–Trinajstić information content (AvgIpc) is 2.53. The average molecular weight is 417 g/mol. The van der Waals surface area contributed by atoms with Crippen molar-refractivity contribution in [2.75, 3.05) is 19.7 Å². The molecule has 0 saturated carbocycles. The van der Waals surface area contributed by atoms with Gasteiger partial charge in [0.1, 0.15) is 12.2 Å². The van der Waals surface area contributed by atoms with Crippen molar-refractivity contribution in [3.05, 3.63) is 27.7 Å². The molecule has 2 N–H and O–H groups in total. The zero-order valence-electron chi connectivity index (χ0n) is 13.1. The molecule has 0 radical (unpaired) electrons. The number of carbonyl (C=O) groups excluding carboxylic acids is 2. The fourth-order valence-electron chi connectivity index (χ4n) is 1.77. The Morgan fingerprint density at radius 1 is 1.21 bits per heavy atom. The van der Waals surface area contributed by atoms with Crippen molar-refractivity contribution >= 4 is 39.3 Å². The Morgan fingerprint density at radius 2 is 1.92 bits per heavy atom. The third-order valence-corrected chi connectivity index (χ3v) is 3.73. The fraction of sp³-hybridized carbons (Fsp3) is 0.438. The van der Waals surface area contributed by atoms with Gasteiger partial charge in [0.2, 0.25) is 11.8 Å². The van der Waals surface area contributed by atoms with Gasteiger partial charge < -0.3 is 15.4 Å². The van der Waals surface area contributed by atoms with Gasteiger partial charge in [0, 0.05) is 24.0 Å². The molecular weight excluding hydrogens is 398 g/mol. The van der Waals surface area contributed by atoms with Gasteiger partial charge in [-0.15, -0.1) is 0 Å². The van der Waals surface area contributed by atoms with Gasteiger partial charge in [0.05, 0.1) is 17.7 Å². The molecule has 0 aliphatic carbocycles. The van der Waals surface area contributed by atoms with E-state index < -0.39 is 0 Å². The summed E-state index contributed by atoms with van der Waals surface area (Å²) in [7, 11) is 0. The predicted molar refractivity (Wildman–Crippen MR) is 94.7 cm³/mol. The van der Waals surface area contributed by atoms with E-state index in [0.717, 1.165) is 4.47 Å². The van der Waals surface area contributed by atoms with E-state index in [1.165, 1.54) is 0 Å². The SMILES string of the molecule is N#CCC(=O)NCCCNC(=O)CCCOc1ccc(Br)cc1Cl. The lowest BCUT2D eigenvalue weighted by molar-refractivity contribution is -0.121. The first kappa shape index (κ1) is 20.3. The summed E-state index contributed by atoms with van der Waals surface area (Å²) in [4.78, 5) is 22.7. The minimum Gasteiger partial charge on any atom is -0.492 e. The summed E-state index contributed by atoms with van der Waals surface area (Å²) in [5, 5.41) is 14.2. The largest absolute Gasteiger partial charge is 0.492 e. The Kier molecular flexibility index (Phi) is 9.89. The third kappa shape index (κ3) is 8.75. The molecule has 0 fully saturated rings. The highest BCUT2D eigenvalue weighted by molar-refractivity contribution is 9.10. The maximum absolute atomic E-state index is 11.6. The highest BCUT2D eigenvalue weighted by Crippen LogP contribution is 2.27. The summed E-state index contributed by atoms with van der Waals surface area (Å²) in [5.41, 5.74) is 0. The van der Waals surface area contributed by atoms with Crippen molar-refractivity contribution < 1.29 is 14.3 Å². The molecule has 0 aliphatic heterocycles. The van der Waals surface area contributed by atoms with E-state index in [9.17, 15) is 9.59 Å². The number of nitriles is 1. The second kappa shape index (κ2) is 11.7. The molecule has 0 heterocycles. The third-order valence-electron chi connectivity index (χ3n) is 2.94. The monoisotopic (exact) mass is 415 g/mol. The molecule has 1 rings (SSSR count). The van der Waals surface area contributed by atoms with Gasteiger partial charge in [-0.1, -0.05) is 27.5 Å². The molecule has 0 unspecified atom stereocenters. The van der Waals surface area contributed by atoms with E-state index in [2.05, 4.69) is 26.6 Å². The highest BCUT2D eigenvalue weighted by atomic mass is 79.9. The lowest BCUT2D eigenvalue weighted by Gasteiger charge is -2.09. The Hall–Kier alpha value is -1.78.